The second-order valence-electron chi connectivity index (χ2n) is 7.25. The van der Waals surface area contributed by atoms with E-state index in [1.54, 1.807) is 29.2 Å². The van der Waals surface area contributed by atoms with Crippen LogP contribution in [0.3, 0.4) is 0 Å². The second-order valence-corrected chi connectivity index (χ2v) is 9.19. The molecule has 0 N–H and O–H groups in total. The fourth-order valence-electron chi connectivity index (χ4n) is 3.57. The van der Waals surface area contributed by atoms with Gasteiger partial charge in [0.2, 0.25) is 15.9 Å². The lowest BCUT2D eigenvalue weighted by Gasteiger charge is -2.34. The van der Waals surface area contributed by atoms with E-state index in [9.17, 15) is 22.4 Å². The highest BCUT2D eigenvalue weighted by Gasteiger charge is 2.30. The maximum absolute atomic E-state index is 13.1. The molecule has 0 spiro atoms. The molecule has 0 unspecified atom stereocenters. The molecule has 0 saturated carbocycles. The molecular weight excluding hydrogens is 423 g/mol. The minimum Gasteiger partial charge on any atom is -0.340 e. The number of hydrogen-bond acceptors (Lipinski definition) is 5. The zero-order chi connectivity index (χ0) is 22.0. The van der Waals surface area contributed by atoms with Gasteiger partial charge in [0.1, 0.15) is 5.82 Å². The summed E-state index contributed by atoms with van der Waals surface area (Å²) >= 11 is 0. The third-order valence-corrected chi connectivity index (χ3v) is 7.25. The average molecular weight is 444 g/mol. The summed E-state index contributed by atoms with van der Waals surface area (Å²) in [5, 5.41) is 0.497. The molecule has 2 heterocycles. The largest absolute Gasteiger partial charge is 0.340 e. The Hall–Kier alpha value is -3.11. The Labute approximate surface area is 178 Å². The van der Waals surface area contributed by atoms with Gasteiger partial charge in [0.25, 0.3) is 5.56 Å². The first-order valence-electron chi connectivity index (χ1n) is 9.84. The summed E-state index contributed by atoms with van der Waals surface area (Å²) in [5.74, 6) is -0.658. The van der Waals surface area contributed by atoms with Gasteiger partial charge in [0, 0.05) is 39.1 Å². The van der Waals surface area contributed by atoms with Gasteiger partial charge in [0.05, 0.1) is 22.1 Å². The lowest BCUT2D eigenvalue weighted by Crippen LogP contribution is -2.50. The van der Waals surface area contributed by atoms with Crippen molar-refractivity contribution in [3.8, 4) is 0 Å². The molecule has 10 heteroatoms. The van der Waals surface area contributed by atoms with Crippen LogP contribution >= 0.6 is 0 Å². The summed E-state index contributed by atoms with van der Waals surface area (Å²) in [6.07, 6.45) is 1.55. The van der Waals surface area contributed by atoms with Crippen molar-refractivity contribution in [1.82, 2.24) is 18.8 Å². The molecule has 1 aliphatic heterocycles. The number of carbonyl (C=O) groups is 1. The molecule has 1 saturated heterocycles. The van der Waals surface area contributed by atoms with Gasteiger partial charge in [-0.15, -0.1) is 0 Å². The molecule has 1 fully saturated rings. The summed E-state index contributed by atoms with van der Waals surface area (Å²) in [7, 11) is -3.73. The molecular formula is C21H21FN4O4S. The molecule has 1 aliphatic rings. The Kier molecular flexibility index (Phi) is 5.84. The predicted molar refractivity (Wildman–Crippen MR) is 112 cm³/mol. The number of hydrogen-bond donors (Lipinski definition) is 0. The summed E-state index contributed by atoms with van der Waals surface area (Å²) < 4.78 is 41.2. The van der Waals surface area contributed by atoms with E-state index in [-0.39, 0.29) is 55.5 Å². The van der Waals surface area contributed by atoms with Crippen LogP contribution in [-0.4, -0.2) is 59.3 Å². The molecule has 162 valence electrons. The Bertz CT molecular complexity index is 1270. The number of fused-ring (bicyclic) bond motifs is 1. The number of nitrogens with zero attached hydrogens (tertiary/aromatic N) is 4. The zero-order valence-corrected chi connectivity index (χ0v) is 17.5. The number of aromatic nitrogens is 2. The van der Waals surface area contributed by atoms with Crippen molar-refractivity contribution in [3.63, 3.8) is 0 Å². The van der Waals surface area contributed by atoms with Crippen LogP contribution in [0.25, 0.3) is 10.9 Å². The van der Waals surface area contributed by atoms with E-state index in [0.717, 1.165) is 12.1 Å². The molecule has 0 aliphatic carbocycles. The first-order valence-corrected chi connectivity index (χ1v) is 11.3. The highest BCUT2D eigenvalue weighted by Crippen LogP contribution is 2.18. The van der Waals surface area contributed by atoms with E-state index in [1.165, 1.54) is 27.3 Å². The van der Waals surface area contributed by atoms with Crippen molar-refractivity contribution in [1.29, 1.82) is 0 Å². The third-order valence-electron chi connectivity index (χ3n) is 5.34. The van der Waals surface area contributed by atoms with Crippen molar-refractivity contribution in [2.24, 2.45) is 0 Å². The van der Waals surface area contributed by atoms with E-state index >= 15 is 0 Å². The van der Waals surface area contributed by atoms with Crippen LogP contribution in [0.4, 0.5) is 4.39 Å². The molecule has 8 nitrogen and oxygen atoms in total. The van der Waals surface area contributed by atoms with Gasteiger partial charge in [-0.05, 0) is 36.4 Å². The Morgan fingerprint density at radius 1 is 1.00 bits per heavy atom. The van der Waals surface area contributed by atoms with Crippen LogP contribution in [0.15, 0.2) is 64.5 Å². The third kappa shape index (κ3) is 4.35. The van der Waals surface area contributed by atoms with E-state index in [4.69, 9.17) is 0 Å². The van der Waals surface area contributed by atoms with Crippen molar-refractivity contribution >= 4 is 26.8 Å². The monoisotopic (exact) mass is 444 g/mol. The number of para-hydroxylation sites is 1. The number of piperazine rings is 1. The highest BCUT2D eigenvalue weighted by atomic mass is 32.2. The number of amides is 1. The van der Waals surface area contributed by atoms with E-state index in [0.29, 0.717) is 10.9 Å². The quantitative estimate of drug-likeness (QED) is 0.594. The normalized spacial score (nSPS) is 15.3. The van der Waals surface area contributed by atoms with Crippen molar-refractivity contribution in [2.45, 2.75) is 17.9 Å². The summed E-state index contributed by atoms with van der Waals surface area (Å²) in [6.45, 7) is 1.02. The number of sulfonamides is 1. The first kappa shape index (κ1) is 21.1. The van der Waals surface area contributed by atoms with E-state index in [1.807, 2.05) is 0 Å². The van der Waals surface area contributed by atoms with Gasteiger partial charge >= 0.3 is 0 Å². The molecule has 2 aromatic carbocycles. The molecule has 0 bridgehead atoms. The number of aryl methyl sites for hydroxylation is 1. The minimum absolute atomic E-state index is 0.0249. The smallest absolute Gasteiger partial charge is 0.261 e. The Balaban J connectivity index is 1.36. The van der Waals surface area contributed by atoms with Crippen molar-refractivity contribution in [2.75, 3.05) is 26.2 Å². The van der Waals surface area contributed by atoms with E-state index in [2.05, 4.69) is 4.98 Å². The van der Waals surface area contributed by atoms with Gasteiger partial charge in [-0.2, -0.15) is 4.31 Å². The SMILES string of the molecule is O=C(CCn1cnc2ccccc2c1=O)N1CCN(S(=O)(=O)c2ccc(F)cc2)CC1. The summed E-state index contributed by atoms with van der Waals surface area (Å²) in [5.41, 5.74) is 0.405. The van der Waals surface area contributed by atoms with Crippen molar-refractivity contribution < 1.29 is 17.6 Å². The fourth-order valence-corrected chi connectivity index (χ4v) is 5.00. The Morgan fingerprint density at radius 3 is 2.39 bits per heavy atom. The topological polar surface area (TPSA) is 92.6 Å². The maximum Gasteiger partial charge on any atom is 0.261 e. The zero-order valence-electron chi connectivity index (χ0n) is 16.6. The number of benzene rings is 2. The predicted octanol–water partition coefficient (Wildman–Crippen LogP) is 1.46. The number of carbonyl (C=O) groups excluding carboxylic acids is 1. The van der Waals surface area contributed by atoms with Crippen LogP contribution in [-0.2, 0) is 21.4 Å². The highest BCUT2D eigenvalue weighted by molar-refractivity contribution is 7.89. The van der Waals surface area contributed by atoms with Crippen LogP contribution in [0.1, 0.15) is 6.42 Å². The van der Waals surface area contributed by atoms with Gasteiger partial charge in [0.15, 0.2) is 0 Å². The maximum atomic E-state index is 13.1. The van der Waals surface area contributed by atoms with Crippen LogP contribution < -0.4 is 5.56 Å². The van der Waals surface area contributed by atoms with Gasteiger partial charge in [-0.3, -0.25) is 14.2 Å². The number of halogens is 1. The Morgan fingerprint density at radius 2 is 1.68 bits per heavy atom. The minimum atomic E-state index is -3.73. The molecule has 4 rings (SSSR count). The summed E-state index contributed by atoms with van der Waals surface area (Å²) in [6, 6.07) is 11.7. The lowest BCUT2D eigenvalue weighted by atomic mass is 10.2. The molecule has 31 heavy (non-hydrogen) atoms. The van der Waals surface area contributed by atoms with E-state index < -0.39 is 15.8 Å². The molecule has 1 amide bonds. The van der Waals surface area contributed by atoms with Gasteiger partial charge < -0.3 is 4.90 Å². The number of rotatable bonds is 5. The van der Waals surface area contributed by atoms with Gasteiger partial charge in [-0.25, -0.2) is 17.8 Å². The summed E-state index contributed by atoms with van der Waals surface area (Å²) in [4.78, 5) is 31.0. The molecule has 3 aromatic rings. The first-order chi connectivity index (χ1) is 14.9. The molecule has 0 radical (unpaired) electrons. The van der Waals surface area contributed by atoms with Crippen molar-refractivity contribution in [3.05, 3.63) is 71.0 Å². The van der Waals surface area contributed by atoms with Gasteiger partial charge in [-0.1, -0.05) is 12.1 Å². The second kappa shape index (κ2) is 8.56. The average Bonchev–Trinajstić information content (AvgIpc) is 2.79. The molecule has 0 atom stereocenters. The van der Waals surface area contributed by atoms with Crippen LogP contribution in [0, 0.1) is 5.82 Å². The standard InChI is InChI=1S/C21H21FN4O4S/c22-16-5-7-17(8-6-16)31(29,30)26-13-11-24(12-14-26)20(27)9-10-25-15-23-19-4-2-1-3-18(19)21(25)28/h1-8,15H,9-14H2. The molecule has 1 aromatic heterocycles. The van der Waals surface area contributed by atoms with Crippen LogP contribution in [0.2, 0.25) is 0 Å². The lowest BCUT2D eigenvalue weighted by molar-refractivity contribution is -0.132. The fraction of sp³-hybridized carbons (Fsp3) is 0.286. The van der Waals surface area contributed by atoms with Crippen LogP contribution in [0.5, 0.6) is 0 Å².